The predicted octanol–water partition coefficient (Wildman–Crippen LogP) is 2.32. The molecule has 0 aromatic carbocycles. The zero-order chi connectivity index (χ0) is 15.6. The largest absolute Gasteiger partial charge is 0.379 e. The molecule has 1 rings (SSSR count). The van der Waals surface area contributed by atoms with Gasteiger partial charge in [0.2, 0.25) is 0 Å². The van der Waals surface area contributed by atoms with Crippen molar-refractivity contribution >= 4 is 29.9 Å². The van der Waals surface area contributed by atoms with E-state index < -0.39 is 0 Å². The predicted molar refractivity (Wildman–Crippen MR) is 105 cm³/mol. The van der Waals surface area contributed by atoms with Crippen molar-refractivity contribution in [2.75, 3.05) is 52.5 Å². The van der Waals surface area contributed by atoms with Gasteiger partial charge in [0.05, 0.1) is 13.2 Å². The van der Waals surface area contributed by atoms with Crippen molar-refractivity contribution in [2.24, 2.45) is 10.4 Å². The van der Waals surface area contributed by atoms with Crippen LogP contribution in [-0.2, 0) is 4.74 Å². The van der Waals surface area contributed by atoms with Crippen LogP contribution >= 0.6 is 24.0 Å². The molecule has 0 aliphatic carbocycles. The number of hydrogen-bond donors (Lipinski definition) is 2. The van der Waals surface area contributed by atoms with Gasteiger partial charge in [-0.25, -0.2) is 0 Å². The van der Waals surface area contributed by atoms with E-state index >= 15 is 0 Å². The topological polar surface area (TPSA) is 48.9 Å². The number of nitrogens with zero attached hydrogens (tertiary/aromatic N) is 2. The van der Waals surface area contributed by atoms with Crippen molar-refractivity contribution in [2.45, 2.75) is 40.5 Å². The van der Waals surface area contributed by atoms with Crippen LogP contribution in [0.1, 0.15) is 40.5 Å². The van der Waals surface area contributed by atoms with Crippen LogP contribution in [0.25, 0.3) is 0 Å². The summed E-state index contributed by atoms with van der Waals surface area (Å²) in [5, 5.41) is 6.74. The number of halogens is 1. The number of hydrogen-bond acceptors (Lipinski definition) is 3. The summed E-state index contributed by atoms with van der Waals surface area (Å²) in [6.45, 7) is 16.5. The summed E-state index contributed by atoms with van der Waals surface area (Å²) < 4.78 is 5.36. The van der Waals surface area contributed by atoms with Gasteiger partial charge < -0.3 is 15.4 Å². The van der Waals surface area contributed by atoms with Gasteiger partial charge in [-0.15, -0.1) is 24.0 Å². The maximum absolute atomic E-state index is 5.36. The molecule has 1 fully saturated rings. The zero-order valence-corrected chi connectivity index (χ0v) is 17.1. The molecule has 1 aliphatic rings. The van der Waals surface area contributed by atoms with Gasteiger partial charge in [0, 0.05) is 39.3 Å². The van der Waals surface area contributed by atoms with E-state index in [-0.39, 0.29) is 24.0 Å². The fourth-order valence-corrected chi connectivity index (χ4v) is 2.30. The lowest BCUT2D eigenvalue weighted by atomic mass is 9.91. The lowest BCUT2D eigenvalue weighted by Crippen LogP contribution is -2.44. The maximum Gasteiger partial charge on any atom is 0.191 e. The minimum atomic E-state index is 0. The Bertz CT molecular complexity index is 299. The Balaban J connectivity index is 0.00000441. The average molecular weight is 426 g/mol. The van der Waals surface area contributed by atoms with E-state index in [2.05, 4.69) is 48.2 Å². The highest BCUT2D eigenvalue weighted by atomic mass is 127. The molecule has 5 nitrogen and oxygen atoms in total. The summed E-state index contributed by atoms with van der Waals surface area (Å²) in [6.07, 6.45) is 2.35. The van der Waals surface area contributed by atoms with Crippen molar-refractivity contribution in [3.05, 3.63) is 0 Å². The first-order valence-corrected chi connectivity index (χ1v) is 8.33. The second-order valence-corrected chi connectivity index (χ2v) is 6.81. The van der Waals surface area contributed by atoms with Gasteiger partial charge in [-0.3, -0.25) is 9.89 Å². The van der Waals surface area contributed by atoms with Crippen LogP contribution in [0, 0.1) is 5.41 Å². The molecular formula is C16H35IN4O. The lowest BCUT2D eigenvalue weighted by molar-refractivity contribution is 0.0389. The maximum atomic E-state index is 5.36. The second-order valence-electron chi connectivity index (χ2n) is 6.81. The summed E-state index contributed by atoms with van der Waals surface area (Å²) >= 11 is 0. The molecule has 0 amide bonds. The number of guanidine groups is 1. The van der Waals surface area contributed by atoms with Crippen LogP contribution < -0.4 is 10.6 Å². The Kier molecular flexibility index (Phi) is 12.3. The van der Waals surface area contributed by atoms with E-state index in [9.17, 15) is 0 Å². The molecule has 6 heteroatoms. The van der Waals surface area contributed by atoms with Crippen molar-refractivity contribution < 1.29 is 4.74 Å². The first-order chi connectivity index (χ1) is 10.0. The Morgan fingerprint density at radius 1 is 1.18 bits per heavy atom. The van der Waals surface area contributed by atoms with E-state index in [0.29, 0.717) is 5.41 Å². The summed E-state index contributed by atoms with van der Waals surface area (Å²) in [7, 11) is 0. The molecule has 0 spiro atoms. The van der Waals surface area contributed by atoms with Crippen molar-refractivity contribution in [3.63, 3.8) is 0 Å². The number of aliphatic imine (C=N–C) groups is 1. The smallest absolute Gasteiger partial charge is 0.191 e. The Morgan fingerprint density at radius 2 is 1.86 bits per heavy atom. The minimum Gasteiger partial charge on any atom is -0.379 e. The van der Waals surface area contributed by atoms with Crippen LogP contribution in [0.4, 0.5) is 0 Å². The summed E-state index contributed by atoms with van der Waals surface area (Å²) in [6, 6.07) is 0. The zero-order valence-electron chi connectivity index (χ0n) is 14.8. The molecule has 0 atom stereocenters. The highest BCUT2D eigenvalue weighted by Gasteiger charge is 2.10. The molecule has 1 heterocycles. The fourth-order valence-electron chi connectivity index (χ4n) is 2.30. The normalized spacial score (nSPS) is 17.0. The molecule has 0 saturated carbocycles. The Morgan fingerprint density at radius 3 is 2.45 bits per heavy atom. The minimum absolute atomic E-state index is 0. The van der Waals surface area contributed by atoms with E-state index in [1.54, 1.807) is 0 Å². The van der Waals surface area contributed by atoms with Crippen LogP contribution in [0.3, 0.4) is 0 Å². The fraction of sp³-hybridized carbons (Fsp3) is 0.938. The van der Waals surface area contributed by atoms with Crippen molar-refractivity contribution in [1.29, 1.82) is 0 Å². The first-order valence-electron chi connectivity index (χ1n) is 8.33. The number of rotatable bonds is 7. The summed E-state index contributed by atoms with van der Waals surface area (Å²) in [4.78, 5) is 7.08. The van der Waals surface area contributed by atoms with Crippen LogP contribution in [0.5, 0.6) is 0 Å². The summed E-state index contributed by atoms with van der Waals surface area (Å²) in [5.74, 6) is 0.944. The van der Waals surface area contributed by atoms with Gasteiger partial charge in [-0.05, 0) is 25.2 Å². The number of morpholine rings is 1. The molecule has 1 aliphatic heterocycles. The molecule has 0 aromatic heterocycles. The average Bonchev–Trinajstić information content (AvgIpc) is 2.43. The van der Waals surface area contributed by atoms with E-state index in [4.69, 9.17) is 4.74 Å². The quantitative estimate of drug-likeness (QED) is 0.284. The van der Waals surface area contributed by atoms with Gasteiger partial charge in [-0.2, -0.15) is 0 Å². The standard InChI is InChI=1S/C16H34N4O.HI/c1-5-17-15(18-8-6-7-16(2,3)4)19-9-10-20-11-13-21-14-12-20;/h5-14H2,1-4H3,(H2,17,18,19);1H. The lowest BCUT2D eigenvalue weighted by Gasteiger charge is -2.26. The molecule has 0 radical (unpaired) electrons. The molecule has 22 heavy (non-hydrogen) atoms. The summed E-state index contributed by atoms with van der Waals surface area (Å²) in [5.41, 5.74) is 0.400. The Hall–Kier alpha value is -0.0800. The molecule has 0 unspecified atom stereocenters. The highest BCUT2D eigenvalue weighted by molar-refractivity contribution is 14.0. The molecular weight excluding hydrogens is 391 g/mol. The van der Waals surface area contributed by atoms with Crippen LogP contribution in [-0.4, -0.2) is 63.3 Å². The van der Waals surface area contributed by atoms with E-state index in [1.807, 2.05) is 0 Å². The Labute approximate surface area is 153 Å². The van der Waals surface area contributed by atoms with Crippen molar-refractivity contribution in [1.82, 2.24) is 15.5 Å². The molecule has 0 bridgehead atoms. The van der Waals surface area contributed by atoms with Crippen LogP contribution in [0.15, 0.2) is 4.99 Å². The van der Waals surface area contributed by atoms with Crippen molar-refractivity contribution in [3.8, 4) is 0 Å². The van der Waals surface area contributed by atoms with Gasteiger partial charge >= 0.3 is 0 Å². The molecule has 1 saturated heterocycles. The van der Waals surface area contributed by atoms with Gasteiger partial charge in [0.15, 0.2) is 5.96 Å². The van der Waals surface area contributed by atoms with E-state index in [0.717, 1.165) is 64.9 Å². The van der Waals surface area contributed by atoms with Gasteiger partial charge in [-0.1, -0.05) is 20.8 Å². The molecule has 132 valence electrons. The second kappa shape index (κ2) is 12.4. The first kappa shape index (κ1) is 21.9. The van der Waals surface area contributed by atoms with Crippen LogP contribution in [0.2, 0.25) is 0 Å². The third kappa shape index (κ3) is 11.5. The van der Waals surface area contributed by atoms with Gasteiger partial charge in [0.1, 0.15) is 0 Å². The molecule has 2 N–H and O–H groups in total. The third-order valence-corrected chi connectivity index (χ3v) is 3.52. The highest BCUT2D eigenvalue weighted by Crippen LogP contribution is 2.20. The number of nitrogens with one attached hydrogen (secondary N) is 2. The number of ether oxygens (including phenoxy) is 1. The third-order valence-electron chi connectivity index (χ3n) is 3.52. The van der Waals surface area contributed by atoms with Gasteiger partial charge in [0.25, 0.3) is 0 Å². The SMILES string of the molecule is CCNC(=NCCCC(C)(C)C)NCCN1CCOCC1.I. The van der Waals surface area contributed by atoms with E-state index in [1.165, 1.54) is 6.42 Å². The molecule has 0 aromatic rings. The monoisotopic (exact) mass is 426 g/mol.